The zero-order valence-electron chi connectivity index (χ0n) is 14.0. The van der Waals surface area contributed by atoms with Crippen molar-refractivity contribution in [2.75, 3.05) is 13.2 Å². The molecule has 0 bridgehead atoms. The Hall–Kier alpha value is -1.65. The topological polar surface area (TPSA) is 69.7 Å². The van der Waals surface area contributed by atoms with E-state index in [1.807, 2.05) is 13.8 Å². The van der Waals surface area contributed by atoms with E-state index in [2.05, 4.69) is 6.58 Å². The first-order chi connectivity index (χ1) is 10.4. The first kappa shape index (κ1) is 20.3. The SMILES string of the molecule is C=CC(=O)OCCCCOC(=O)C(CCC)(CCC)C(C)=O. The Morgan fingerprint density at radius 2 is 1.50 bits per heavy atom. The van der Waals surface area contributed by atoms with Crippen molar-refractivity contribution in [3.8, 4) is 0 Å². The molecule has 5 heteroatoms. The van der Waals surface area contributed by atoms with Gasteiger partial charge in [-0.3, -0.25) is 9.59 Å². The van der Waals surface area contributed by atoms with Crippen LogP contribution in [0.4, 0.5) is 0 Å². The van der Waals surface area contributed by atoms with Crippen LogP contribution in [0.25, 0.3) is 0 Å². The molecular weight excluding hydrogens is 284 g/mol. The molecule has 0 N–H and O–H groups in total. The standard InChI is InChI=1S/C17H28O5/c1-5-10-17(11-6-2,14(4)18)16(20)22-13-9-8-12-21-15(19)7-3/h7H,3,5-6,8-13H2,1-2,4H3. The van der Waals surface area contributed by atoms with Crippen LogP contribution in [0.5, 0.6) is 0 Å². The summed E-state index contributed by atoms with van der Waals surface area (Å²) in [7, 11) is 0. The maximum atomic E-state index is 12.3. The molecule has 0 spiro atoms. The molecule has 0 aliphatic rings. The lowest BCUT2D eigenvalue weighted by atomic mass is 9.76. The number of esters is 2. The Bertz CT molecular complexity index is 381. The Labute approximate surface area is 133 Å². The molecule has 0 atom stereocenters. The second-order valence-corrected chi connectivity index (χ2v) is 5.35. The number of unbranched alkanes of at least 4 members (excludes halogenated alkanes) is 1. The molecule has 0 saturated carbocycles. The number of hydrogen-bond acceptors (Lipinski definition) is 5. The summed E-state index contributed by atoms with van der Waals surface area (Å²) in [6.07, 6.45) is 4.84. The number of Topliss-reactive ketones (excluding diaryl/α,β-unsaturated/α-hetero) is 1. The lowest BCUT2D eigenvalue weighted by Crippen LogP contribution is -2.39. The van der Waals surface area contributed by atoms with Gasteiger partial charge in [0.1, 0.15) is 11.2 Å². The van der Waals surface area contributed by atoms with Crippen molar-refractivity contribution >= 4 is 17.7 Å². The summed E-state index contributed by atoms with van der Waals surface area (Å²) in [5, 5.41) is 0. The average molecular weight is 312 g/mol. The zero-order chi connectivity index (χ0) is 17.0. The van der Waals surface area contributed by atoms with Crippen molar-refractivity contribution in [1.82, 2.24) is 0 Å². The fourth-order valence-electron chi connectivity index (χ4n) is 2.42. The molecule has 126 valence electrons. The van der Waals surface area contributed by atoms with E-state index in [0.29, 0.717) is 25.7 Å². The highest BCUT2D eigenvalue weighted by molar-refractivity contribution is 6.02. The maximum Gasteiger partial charge on any atom is 0.330 e. The second-order valence-electron chi connectivity index (χ2n) is 5.35. The summed E-state index contributed by atoms with van der Waals surface area (Å²) < 4.78 is 10.1. The predicted molar refractivity (Wildman–Crippen MR) is 84.3 cm³/mol. The van der Waals surface area contributed by atoms with Gasteiger partial charge in [0.05, 0.1) is 13.2 Å². The molecule has 0 aliphatic heterocycles. The molecule has 0 rings (SSSR count). The smallest absolute Gasteiger partial charge is 0.330 e. The minimum Gasteiger partial charge on any atom is -0.465 e. The fraction of sp³-hybridized carbons (Fsp3) is 0.706. The highest BCUT2D eigenvalue weighted by Crippen LogP contribution is 2.32. The highest BCUT2D eigenvalue weighted by Gasteiger charge is 2.42. The quantitative estimate of drug-likeness (QED) is 0.239. The maximum absolute atomic E-state index is 12.3. The van der Waals surface area contributed by atoms with Crippen LogP contribution < -0.4 is 0 Å². The van der Waals surface area contributed by atoms with E-state index in [-0.39, 0.29) is 19.0 Å². The first-order valence-corrected chi connectivity index (χ1v) is 7.92. The van der Waals surface area contributed by atoms with Gasteiger partial charge in [-0.1, -0.05) is 33.3 Å². The molecule has 0 aliphatic carbocycles. The molecule has 0 aromatic carbocycles. The molecule has 0 heterocycles. The van der Waals surface area contributed by atoms with Gasteiger partial charge in [0.2, 0.25) is 0 Å². The Morgan fingerprint density at radius 3 is 1.91 bits per heavy atom. The summed E-state index contributed by atoms with van der Waals surface area (Å²) in [6, 6.07) is 0. The van der Waals surface area contributed by atoms with Crippen molar-refractivity contribution in [1.29, 1.82) is 0 Å². The summed E-state index contributed by atoms with van der Waals surface area (Å²) in [5.74, 6) is -1.01. The minimum absolute atomic E-state index is 0.124. The zero-order valence-corrected chi connectivity index (χ0v) is 14.0. The van der Waals surface area contributed by atoms with Crippen LogP contribution in [0, 0.1) is 5.41 Å². The number of ketones is 1. The van der Waals surface area contributed by atoms with E-state index < -0.39 is 17.4 Å². The van der Waals surface area contributed by atoms with Crippen LogP contribution in [0.1, 0.15) is 59.3 Å². The molecule has 0 aromatic heterocycles. The van der Waals surface area contributed by atoms with E-state index in [4.69, 9.17) is 9.47 Å². The molecule has 0 fully saturated rings. The van der Waals surface area contributed by atoms with Crippen LogP contribution >= 0.6 is 0 Å². The van der Waals surface area contributed by atoms with Gasteiger partial charge < -0.3 is 9.47 Å². The molecule has 0 saturated heterocycles. The summed E-state index contributed by atoms with van der Waals surface area (Å²) >= 11 is 0. The van der Waals surface area contributed by atoms with Crippen molar-refractivity contribution < 1.29 is 23.9 Å². The summed E-state index contributed by atoms with van der Waals surface area (Å²) in [5.41, 5.74) is -1.00. The van der Waals surface area contributed by atoms with E-state index >= 15 is 0 Å². The van der Waals surface area contributed by atoms with E-state index in [0.717, 1.165) is 18.9 Å². The number of carbonyl (C=O) groups excluding carboxylic acids is 3. The molecule has 0 aromatic rings. The fourth-order valence-corrected chi connectivity index (χ4v) is 2.42. The molecule has 0 amide bonds. The predicted octanol–water partition coefficient (Wildman–Crippen LogP) is 3.21. The van der Waals surface area contributed by atoms with E-state index in [1.54, 1.807) is 0 Å². The third kappa shape index (κ3) is 6.41. The number of carbonyl (C=O) groups is 3. The number of hydrogen-bond donors (Lipinski definition) is 0. The lowest BCUT2D eigenvalue weighted by molar-refractivity contribution is -0.161. The van der Waals surface area contributed by atoms with Crippen molar-refractivity contribution in [2.24, 2.45) is 5.41 Å². The Morgan fingerprint density at radius 1 is 1.00 bits per heavy atom. The Kier molecular flexibility index (Phi) is 10.2. The monoisotopic (exact) mass is 312 g/mol. The average Bonchev–Trinajstić information content (AvgIpc) is 2.49. The van der Waals surface area contributed by atoms with Gasteiger partial charge in [0.25, 0.3) is 0 Å². The van der Waals surface area contributed by atoms with Crippen LogP contribution in [-0.2, 0) is 23.9 Å². The van der Waals surface area contributed by atoms with Gasteiger partial charge in [0.15, 0.2) is 0 Å². The largest absolute Gasteiger partial charge is 0.465 e. The summed E-state index contributed by atoms with van der Waals surface area (Å²) in [4.78, 5) is 35.1. The normalized spacial score (nSPS) is 10.9. The molecule has 0 unspecified atom stereocenters. The van der Waals surface area contributed by atoms with Crippen LogP contribution in [-0.4, -0.2) is 30.9 Å². The third-order valence-corrected chi connectivity index (χ3v) is 3.60. The minimum atomic E-state index is -1.00. The number of rotatable bonds is 12. The van der Waals surface area contributed by atoms with Gasteiger partial charge in [-0.05, 0) is 32.6 Å². The van der Waals surface area contributed by atoms with Crippen molar-refractivity contribution in [3.63, 3.8) is 0 Å². The van der Waals surface area contributed by atoms with Crippen LogP contribution in [0.3, 0.4) is 0 Å². The molecule has 5 nitrogen and oxygen atoms in total. The molecular formula is C17H28O5. The van der Waals surface area contributed by atoms with Gasteiger partial charge in [-0.15, -0.1) is 0 Å². The molecule has 22 heavy (non-hydrogen) atoms. The Balaban J connectivity index is 4.32. The lowest BCUT2D eigenvalue weighted by Gasteiger charge is -2.28. The van der Waals surface area contributed by atoms with Crippen LogP contribution in [0.2, 0.25) is 0 Å². The van der Waals surface area contributed by atoms with E-state index in [9.17, 15) is 14.4 Å². The van der Waals surface area contributed by atoms with Gasteiger partial charge in [-0.25, -0.2) is 4.79 Å². The van der Waals surface area contributed by atoms with Gasteiger partial charge in [-0.2, -0.15) is 0 Å². The highest BCUT2D eigenvalue weighted by atomic mass is 16.5. The van der Waals surface area contributed by atoms with Gasteiger partial charge in [0, 0.05) is 6.08 Å². The number of ether oxygens (including phenoxy) is 2. The third-order valence-electron chi connectivity index (χ3n) is 3.60. The molecule has 0 radical (unpaired) electrons. The van der Waals surface area contributed by atoms with Gasteiger partial charge >= 0.3 is 11.9 Å². The second kappa shape index (κ2) is 11.0. The summed E-state index contributed by atoms with van der Waals surface area (Å²) in [6.45, 7) is 9.16. The van der Waals surface area contributed by atoms with E-state index in [1.165, 1.54) is 6.92 Å². The van der Waals surface area contributed by atoms with Crippen LogP contribution in [0.15, 0.2) is 12.7 Å². The first-order valence-electron chi connectivity index (χ1n) is 7.92. The van der Waals surface area contributed by atoms with Crippen molar-refractivity contribution in [3.05, 3.63) is 12.7 Å². The van der Waals surface area contributed by atoms with Crippen molar-refractivity contribution in [2.45, 2.75) is 59.3 Å².